The van der Waals surface area contributed by atoms with E-state index in [1.165, 1.54) is 0 Å². The molecule has 0 spiro atoms. The molecule has 0 saturated heterocycles. The van der Waals surface area contributed by atoms with Gasteiger partial charge in [-0.05, 0) is 30.7 Å². The summed E-state index contributed by atoms with van der Waals surface area (Å²) in [6, 6.07) is 7.22. The summed E-state index contributed by atoms with van der Waals surface area (Å²) in [7, 11) is 0. The maximum Gasteiger partial charge on any atom is 0.255 e. The van der Waals surface area contributed by atoms with Crippen molar-refractivity contribution in [1.82, 2.24) is 15.2 Å². The SMILES string of the molecule is Cc1cnccc1NC(=O)c1ccc2cn[nH]c2c1. The number of amides is 1. The number of rotatable bonds is 2. The number of pyridine rings is 1. The number of aromatic amines is 1. The highest BCUT2D eigenvalue weighted by Crippen LogP contribution is 2.16. The van der Waals surface area contributed by atoms with Crippen LogP contribution in [0.3, 0.4) is 0 Å². The first kappa shape index (κ1) is 11.4. The zero-order valence-corrected chi connectivity index (χ0v) is 10.3. The van der Waals surface area contributed by atoms with Crippen LogP contribution in [-0.2, 0) is 0 Å². The molecule has 1 amide bonds. The fourth-order valence-electron chi connectivity index (χ4n) is 1.89. The molecule has 5 heteroatoms. The van der Waals surface area contributed by atoms with Crippen LogP contribution in [0.4, 0.5) is 5.69 Å². The third-order valence-electron chi connectivity index (χ3n) is 2.97. The second-order valence-corrected chi connectivity index (χ2v) is 4.32. The lowest BCUT2D eigenvalue weighted by Crippen LogP contribution is -2.12. The van der Waals surface area contributed by atoms with Crippen molar-refractivity contribution in [2.45, 2.75) is 6.92 Å². The average molecular weight is 252 g/mol. The fraction of sp³-hybridized carbons (Fsp3) is 0.0714. The molecule has 5 nitrogen and oxygen atoms in total. The Labute approximate surface area is 109 Å². The number of carbonyl (C=O) groups is 1. The van der Waals surface area contributed by atoms with Gasteiger partial charge < -0.3 is 5.32 Å². The van der Waals surface area contributed by atoms with Gasteiger partial charge in [-0.25, -0.2) is 0 Å². The Morgan fingerprint density at radius 1 is 1.26 bits per heavy atom. The molecule has 2 heterocycles. The topological polar surface area (TPSA) is 70.7 Å². The van der Waals surface area contributed by atoms with Gasteiger partial charge in [0.25, 0.3) is 5.91 Å². The molecule has 3 aromatic rings. The van der Waals surface area contributed by atoms with Gasteiger partial charge in [0.1, 0.15) is 0 Å². The summed E-state index contributed by atoms with van der Waals surface area (Å²) in [5, 5.41) is 10.6. The van der Waals surface area contributed by atoms with E-state index in [1.54, 1.807) is 36.8 Å². The molecule has 0 atom stereocenters. The van der Waals surface area contributed by atoms with E-state index in [2.05, 4.69) is 20.5 Å². The minimum absolute atomic E-state index is 0.147. The lowest BCUT2D eigenvalue weighted by atomic mass is 10.1. The van der Waals surface area contributed by atoms with Crippen molar-refractivity contribution in [1.29, 1.82) is 0 Å². The molecule has 0 saturated carbocycles. The molecular formula is C14H12N4O. The number of hydrogen-bond acceptors (Lipinski definition) is 3. The van der Waals surface area contributed by atoms with Crippen LogP contribution >= 0.6 is 0 Å². The zero-order valence-electron chi connectivity index (χ0n) is 10.3. The summed E-state index contributed by atoms with van der Waals surface area (Å²) in [6.45, 7) is 1.90. The number of benzene rings is 1. The lowest BCUT2D eigenvalue weighted by Gasteiger charge is -2.07. The second-order valence-electron chi connectivity index (χ2n) is 4.32. The summed E-state index contributed by atoms with van der Waals surface area (Å²) in [5.74, 6) is -0.147. The molecule has 0 aliphatic heterocycles. The molecule has 0 fully saturated rings. The van der Waals surface area contributed by atoms with E-state index in [-0.39, 0.29) is 5.91 Å². The Bertz CT molecular complexity index is 748. The van der Waals surface area contributed by atoms with Crippen LogP contribution in [0.15, 0.2) is 42.9 Å². The van der Waals surface area contributed by atoms with Crippen LogP contribution in [0.25, 0.3) is 10.9 Å². The number of fused-ring (bicyclic) bond motifs is 1. The number of hydrogen-bond donors (Lipinski definition) is 2. The highest BCUT2D eigenvalue weighted by Gasteiger charge is 2.08. The number of nitrogens with one attached hydrogen (secondary N) is 2. The highest BCUT2D eigenvalue weighted by molar-refractivity contribution is 6.06. The predicted molar refractivity (Wildman–Crippen MR) is 73.0 cm³/mol. The maximum atomic E-state index is 12.2. The second kappa shape index (κ2) is 4.53. The first-order chi connectivity index (χ1) is 9.24. The van der Waals surface area contributed by atoms with Gasteiger partial charge in [0.05, 0.1) is 11.7 Å². The standard InChI is InChI=1S/C14H12N4O/c1-9-7-15-5-4-12(9)17-14(19)10-2-3-11-8-16-18-13(11)6-10/h2-8H,1H3,(H,16,18)(H,15,17,19). The van der Waals surface area contributed by atoms with E-state index in [9.17, 15) is 4.79 Å². The van der Waals surface area contributed by atoms with E-state index in [0.717, 1.165) is 22.2 Å². The van der Waals surface area contributed by atoms with Crippen LogP contribution in [-0.4, -0.2) is 21.1 Å². The van der Waals surface area contributed by atoms with Gasteiger partial charge in [-0.1, -0.05) is 6.07 Å². The van der Waals surface area contributed by atoms with Crippen molar-refractivity contribution in [2.75, 3.05) is 5.32 Å². The number of aromatic nitrogens is 3. The third kappa shape index (κ3) is 2.18. The molecule has 0 radical (unpaired) electrons. The van der Waals surface area contributed by atoms with Crippen molar-refractivity contribution in [3.05, 3.63) is 54.0 Å². The smallest absolute Gasteiger partial charge is 0.255 e. The van der Waals surface area contributed by atoms with Gasteiger partial charge in [-0.15, -0.1) is 0 Å². The molecule has 3 rings (SSSR count). The van der Waals surface area contributed by atoms with E-state index < -0.39 is 0 Å². The molecule has 19 heavy (non-hydrogen) atoms. The van der Waals surface area contributed by atoms with Crippen LogP contribution in [0.1, 0.15) is 15.9 Å². The lowest BCUT2D eigenvalue weighted by molar-refractivity contribution is 0.102. The van der Waals surface area contributed by atoms with Gasteiger partial charge in [-0.2, -0.15) is 5.10 Å². The summed E-state index contributed by atoms with van der Waals surface area (Å²) in [6.07, 6.45) is 5.10. The average Bonchev–Trinajstić information content (AvgIpc) is 2.88. The predicted octanol–water partition coefficient (Wildman–Crippen LogP) is 2.52. The van der Waals surface area contributed by atoms with Crippen LogP contribution in [0.5, 0.6) is 0 Å². The Hall–Kier alpha value is -2.69. The molecular weight excluding hydrogens is 240 g/mol. The highest BCUT2D eigenvalue weighted by atomic mass is 16.1. The molecule has 0 bridgehead atoms. The Morgan fingerprint density at radius 2 is 2.16 bits per heavy atom. The first-order valence-corrected chi connectivity index (χ1v) is 5.89. The van der Waals surface area contributed by atoms with Crippen LogP contribution < -0.4 is 5.32 Å². The van der Waals surface area contributed by atoms with Crippen molar-refractivity contribution in [2.24, 2.45) is 0 Å². The normalized spacial score (nSPS) is 10.6. The van der Waals surface area contributed by atoms with Crippen molar-refractivity contribution >= 4 is 22.5 Å². The Kier molecular flexibility index (Phi) is 2.72. The van der Waals surface area contributed by atoms with Gasteiger partial charge in [0, 0.05) is 29.0 Å². The number of nitrogens with zero attached hydrogens (tertiary/aromatic N) is 2. The Morgan fingerprint density at radius 3 is 3.00 bits per heavy atom. The Balaban J connectivity index is 1.89. The van der Waals surface area contributed by atoms with Crippen LogP contribution in [0, 0.1) is 6.92 Å². The van der Waals surface area contributed by atoms with Crippen LogP contribution in [0.2, 0.25) is 0 Å². The number of H-pyrrole nitrogens is 1. The minimum atomic E-state index is -0.147. The summed E-state index contributed by atoms with van der Waals surface area (Å²) in [4.78, 5) is 16.2. The maximum absolute atomic E-state index is 12.2. The largest absolute Gasteiger partial charge is 0.322 e. The summed E-state index contributed by atoms with van der Waals surface area (Å²) in [5.41, 5.74) is 3.13. The minimum Gasteiger partial charge on any atom is -0.322 e. The van der Waals surface area contributed by atoms with Crippen molar-refractivity contribution in [3.63, 3.8) is 0 Å². The first-order valence-electron chi connectivity index (χ1n) is 5.89. The molecule has 0 aliphatic rings. The third-order valence-corrected chi connectivity index (χ3v) is 2.97. The van der Waals surface area contributed by atoms with E-state index in [0.29, 0.717) is 5.56 Å². The molecule has 0 unspecified atom stereocenters. The fourth-order valence-corrected chi connectivity index (χ4v) is 1.89. The number of anilines is 1. The number of aryl methyl sites for hydroxylation is 1. The molecule has 94 valence electrons. The van der Waals surface area contributed by atoms with Gasteiger partial charge in [-0.3, -0.25) is 14.9 Å². The summed E-state index contributed by atoms with van der Waals surface area (Å²) < 4.78 is 0. The molecule has 2 N–H and O–H groups in total. The quantitative estimate of drug-likeness (QED) is 0.736. The van der Waals surface area contributed by atoms with Gasteiger partial charge >= 0.3 is 0 Å². The number of carbonyl (C=O) groups excluding carboxylic acids is 1. The van der Waals surface area contributed by atoms with E-state index in [1.807, 2.05) is 13.0 Å². The summed E-state index contributed by atoms with van der Waals surface area (Å²) >= 11 is 0. The van der Waals surface area contributed by atoms with Gasteiger partial charge in [0.15, 0.2) is 0 Å². The van der Waals surface area contributed by atoms with Crippen molar-refractivity contribution in [3.8, 4) is 0 Å². The zero-order chi connectivity index (χ0) is 13.2. The van der Waals surface area contributed by atoms with E-state index in [4.69, 9.17) is 0 Å². The molecule has 2 aromatic heterocycles. The monoisotopic (exact) mass is 252 g/mol. The van der Waals surface area contributed by atoms with Crippen molar-refractivity contribution < 1.29 is 4.79 Å². The molecule has 0 aliphatic carbocycles. The van der Waals surface area contributed by atoms with E-state index >= 15 is 0 Å². The van der Waals surface area contributed by atoms with Gasteiger partial charge in [0.2, 0.25) is 0 Å². The molecule has 1 aromatic carbocycles.